The van der Waals surface area contributed by atoms with Crippen molar-refractivity contribution in [1.29, 1.82) is 0 Å². The van der Waals surface area contributed by atoms with Crippen molar-refractivity contribution in [3.8, 4) is 0 Å². The Kier molecular flexibility index (Phi) is 6.92. The Morgan fingerprint density at radius 2 is 1.74 bits per heavy atom. The molecule has 0 radical (unpaired) electrons. The summed E-state index contributed by atoms with van der Waals surface area (Å²) >= 11 is 5.49. The second kappa shape index (κ2) is 9.60. The number of carbonyl (C=O) groups is 1. The van der Waals surface area contributed by atoms with Crippen molar-refractivity contribution in [3.63, 3.8) is 0 Å². The number of ether oxygens (including phenoxy) is 1. The molecule has 142 valence electrons. The van der Waals surface area contributed by atoms with Gasteiger partial charge < -0.3 is 20.5 Å². The van der Waals surface area contributed by atoms with Gasteiger partial charge in [0.05, 0.1) is 17.6 Å². The van der Waals surface area contributed by atoms with E-state index >= 15 is 0 Å². The smallest absolute Gasteiger partial charge is 0.243 e. The molecule has 2 aromatic rings. The van der Waals surface area contributed by atoms with E-state index in [4.69, 9.17) is 17.0 Å². The number of hydrogen-bond acceptors (Lipinski definition) is 4. The average molecular weight is 385 g/mol. The molecule has 0 bridgehead atoms. The maximum atomic E-state index is 12.8. The fourth-order valence-electron chi connectivity index (χ4n) is 3.09. The molecule has 1 aliphatic heterocycles. The van der Waals surface area contributed by atoms with E-state index in [-0.39, 0.29) is 11.9 Å². The Hall–Kier alpha value is -2.28. The number of amides is 1. The molecule has 6 heteroatoms. The molecule has 1 aliphatic rings. The molecule has 1 fully saturated rings. The van der Waals surface area contributed by atoms with Crippen LogP contribution in [-0.4, -0.2) is 41.0 Å². The topological polar surface area (TPSA) is 70.6 Å². The van der Waals surface area contributed by atoms with E-state index in [1.54, 1.807) is 0 Å². The molecule has 5 nitrogen and oxygen atoms in total. The van der Waals surface area contributed by atoms with Crippen molar-refractivity contribution in [2.45, 2.75) is 37.6 Å². The number of nitrogens with one attached hydrogen (secondary N) is 2. The lowest BCUT2D eigenvalue weighted by Gasteiger charge is -2.23. The summed E-state index contributed by atoms with van der Waals surface area (Å²) in [5, 5.41) is 15.9. The molecular weight excluding hydrogens is 360 g/mol. The molecule has 0 aliphatic carbocycles. The van der Waals surface area contributed by atoms with Crippen LogP contribution in [0.2, 0.25) is 0 Å². The Morgan fingerprint density at radius 1 is 1.11 bits per heavy atom. The molecule has 0 saturated carbocycles. The van der Waals surface area contributed by atoms with Crippen molar-refractivity contribution in [1.82, 2.24) is 10.6 Å². The fourth-order valence-corrected chi connectivity index (χ4v) is 3.40. The zero-order chi connectivity index (χ0) is 19.1. The summed E-state index contributed by atoms with van der Waals surface area (Å²) in [7, 11) is 0. The zero-order valence-corrected chi connectivity index (χ0v) is 15.8. The Morgan fingerprint density at radius 3 is 2.33 bits per heavy atom. The third kappa shape index (κ3) is 5.85. The van der Waals surface area contributed by atoms with E-state index < -0.39 is 12.3 Å². The van der Waals surface area contributed by atoms with Gasteiger partial charge in [-0.15, -0.1) is 0 Å². The summed E-state index contributed by atoms with van der Waals surface area (Å²) in [6.45, 7) is 0.440. The van der Waals surface area contributed by atoms with Crippen LogP contribution in [0.3, 0.4) is 0 Å². The van der Waals surface area contributed by atoms with E-state index in [1.165, 1.54) is 0 Å². The second-order valence-electron chi connectivity index (χ2n) is 6.64. The normalized spacial score (nSPS) is 20.0. The predicted molar refractivity (Wildman–Crippen MR) is 108 cm³/mol. The molecule has 1 saturated heterocycles. The van der Waals surface area contributed by atoms with Crippen LogP contribution in [0.25, 0.3) is 0 Å². The molecule has 3 rings (SSSR count). The number of aliphatic hydroxyl groups excluding tert-OH is 1. The highest BCUT2D eigenvalue weighted by atomic mass is 32.1. The van der Waals surface area contributed by atoms with Crippen LogP contribution in [0.1, 0.15) is 17.5 Å². The number of benzene rings is 2. The van der Waals surface area contributed by atoms with E-state index in [9.17, 15) is 9.90 Å². The van der Waals surface area contributed by atoms with Crippen LogP contribution in [0.5, 0.6) is 0 Å². The van der Waals surface area contributed by atoms with Gasteiger partial charge in [0.25, 0.3) is 0 Å². The van der Waals surface area contributed by atoms with Crippen LogP contribution in [0.15, 0.2) is 60.7 Å². The van der Waals surface area contributed by atoms with E-state index in [0.717, 1.165) is 11.1 Å². The largest absolute Gasteiger partial charge is 0.368 e. The van der Waals surface area contributed by atoms with Gasteiger partial charge in [-0.2, -0.15) is 0 Å². The molecule has 0 aromatic heterocycles. The van der Waals surface area contributed by atoms with Crippen molar-refractivity contribution < 1.29 is 14.6 Å². The highest BCUT2D eigenvalue weighted by Gasteiger charge is 2.30. The standard InChI is InChI=1S/C21H24N2O3S/c24-20(23-17-11-12-26-21(17)25)18(13-15-7-3-1-4-8-15)22-19(27)14-16-9-5-2-6-10-16/h1-10,17-18,21,25H,11-14H2,(H,22,27)(H,23,24)/t17-,18-,21?/m0/s1. The van der Waals surface area contributed by atoms with Crippen LogP contribution < -0.4 is 10.6 Å². The number of rotatable bonds is 7. The summed E-state index contributed by atoms with van der Waals surface area (Å²) in [4.78, 5) is 13.4. The van der Waals surface area contributed by atoms with Crippen molar-refractivity contribution in [2.75, 3.05) is 6.61 Å². The van der Waals surface area contributed by atoms with Crippen LogP contribution in [0.4, 0.5) is 0 Å². The van der Waals surface area contributed by atoms with Gasteiger partial charge in [-0.25, -0.2) is 0 Å². The summed E-state index contributed by atoms with van der Waals surface area (Å²) in [5.41, 5.74) is 2.13. The van der Waals surface area contributed by atoms with Crippen LogP contribution >= 0.6 is 12.2 Å². The molecule has 27 heavy (non-hydrogen) atoms. The van der Waals surface area contributed by atoms with Gasteiger partial charge in [0, 0.05) is 12.8 Å². The van der Waals surface area contributed by atoms with E-state index in [2.05, 4.69) is 10.6 Å². The maximum absolute atomic E-state index is 12.8. The third-order valence-electron chi connectivity index (χ3n) is 4.53. The molecule has 3 atom stereocenters. The zero-order valence-electron chi connectivity index (χ0n) is 15.0. The van der Waals surface area contributed by atoms with Crippen molar-refractivity contribution in [2.24, 2.45) is 0 Å². The van der Waals surface area contributed by atoms with Crippen molar-refractivity contribution in [3.05, 3.63) is 71.8 Å². The average Bonchev–Trinajstić information content (AvgIpc) is 3.07. The summed E-state index contributed by atoms with van der Waals surface area (Å²) in [6.07, 6.45) is 0.719. The van der Waals surface area contributed by atoms with Crippen LogP contribution in [0, 0.1) is 0 Å². The number of thiocarbonyl (C=S) groups is 1. The molecule has 1 heterocycles. The lowest BCUT2D eigenvalue weighted by atomic mass is 10.0. The first kappa shape index (κ1) is 19.5. The highest BCUT2D eigenvalue weighted by Crippen LogP contribution is 2.12. The lowest BCUT2D eigenvalue weighted by Crippen LogP contribution is -2.52. The summed E-state index contributed by atoms with van der Waals surface area (Å²) < 4.78 is 5.12. The minimum atomic E-state index is -0.956. The second-order valence-corrected chi connectivity index (χ2v) is 7.13. The maximum Gasteiger partial charge on any atom is 0.243 e. The third-order valence-corrected chi connectivity index (χ3v) is 4.79. The molecular formula is C21H24N2O3S. The van der Waals surface area contributed by atoms with Gasteiger partial charge in [0.2, 0.25) is 5.91 Å². The SMILES string of the molecule is O=C(N[C@H]1CCOC1O)[C@H](Cc1ccccc1)NC(=S)Cc1ccccc1. The lowest BCUT2D eigenvalue weighted by molar-refractivity contribution is -0.127. The number of hydrogen-bond donors (Lipinski definition) is 3. The Labute approximate surface area is 164 Å². The Balaban J connectivity index is 1.66. The highest BCUT2D eigenvalue weighted by molar-refractivity contribution is 7.80. The quantitative estimate of drug-likeness (QED) is 0.637. The predicted octanol–water partition coefficient (Wildman–Crippen LogP) is 1.98. The monoisotopic (exact) mass is 384 g/mol. The molecule has 1 unspecified atom stereocenters. The van der Waals surface area contributed by atoms with E-state index in [0.29, 0.717) is 30.9 Å². The minimum Gasteiger partial charge on any atom is -0.368 e. The minimum absolute atomic E-state index is 0.191. The Bertz CT molecular complexity index is 755. The van der Waals surface area contributed by atoms with Gasteiger partial charge in [-0.1, -0.05) is 72.9 Å². The number of carbonyl (C=O) groups excluding carboxylic acids is 1. The first-order valence-corrected chi connectivity index (χ1v) is 9.50. The van der Waals surface area contributed by atoms with Crippen molar-refractivity contribution >= 4 is 23.1 Å². The molecule has 2 aromatic carbocycles. The van der Waals surface area contributed by atoms with Crippen LogP contribution in [-0.2, 0) is 22.4 Å². The van der Waals surface area contributed by atoms with Gasteiger partial charge in [0.1, 0.15) is 6.04 Å². The first-order chi connectivity index (χ1) is 13.1. The van der Waals surface area contributed by atoms with Gasteiger partial charge >= 0.3 is 0 Å². The van der Waals surface area contributed by atoms with Gasteiger partial charge in [-0.3, -0.25) is 4.79 Å². The van der Waals surface area contributed by atoms with Gasteiger partial charge in [-0.05, 0) is 17.5 Å². The summed E-state index contributed by atoms with van der Waals surface area (Å²) in [6, 6.07) is 18.8. The van der Waals surface area contributed by atoms with E-state index in [1.807, 2.05) is 60.7 Å². The number of aliphatic hydroxyl groups is 1. The molecule has 0 spiro atoms. The van der Waals surface area contributed by atoms with Gasteiger partial charge in [0.15, 0.2) is 6.29 Å². The fraction of sp³-hybridized carbons (Fsp3) is 0.333. The molecule has 3 N–H and O–H groups in total. The first-order valence-electron chi connectivity index (χ1n) is 9.09. The summed E-state index contributed by atoms with van der Waals surface area (Å²) in [5.74, 6) is -0.191. The molecule has 1 amide bonds.